The minimum Gasteiger partial charge on any atom is -0.484 e. The molecule has 1 amide bonds. The molecule has 0 saturated heterocycles. The number of carbonyl (C=O) groups is 1. The van der Waals surface area contributed by atoms with Gasteiger partial charge < -0.3 is 10.1 Å². The van der Waals surface area contributed by atoms with Crippen molar-refractivity contribution in [3.8, 4) is 11.8 Å². The number of carbonyl (C=O) groups excluding carboxylic acids is 1. The zero-order valence-corrected chi connectivity index (χ0v) is 12.1. The molecule has 0 fully saturated rings. The van der Waals surface area contributed by atoms with Gasteiger partial charge in [0, 0.05) is 4.47 Å². The molecule has 2 aromatic rings. The van der Waals surface area contributed by atoms with Crippen molar-refractivity contribution in [2.75, 3.05) is 11.9 Å². The van der Waals surface area contributed by atoms with E-state index in [1.54, 1.807) is 30.3 Å². The van der Waals surface area contributed by atoms with Gasteiger partial charge in [-0.1, -0.05) is 12.1 Å². The lowest BCUT2D eigenvalue weighted by atomic mass is 10.2. The molecule has 1 N–H and O–H groups in total. The Kier molecular flexibility index (Phi) is 4.75. The van der Waals surface area contributed by atoms with Gasteiger partial charge in [0.05, 0.1) is 17.3 Å². The number of halogens is 1. The second kappa shape index (κ2) is 6.73. The van der Waals surface area contributed by atoms with Crippen LogP contribution >= 0.6 is 15.9 Å². The molecule has 2 rings (SSSR count). The van der Waals surface area contributed by atoms with Crippen LogP contribution in [-0.2, 0) is 4.79 Å². The Morgan fingerprint density at radius 3 is 2.55 bits per heavy atom. The number of nitriles is 1. The van der Waals surface area contributed by atoms with E-state index >= 15 is 0 Å². The van der Waals surface area contributed by atoms with Gasteiger partial charge in [0.25, 0.3) is 5.91 Å². The molecule has 2 aromatic carbocycles. The minimum absolute atomic E-state index is 0.0900. The van der Waals surface area contributed by atoms with E-state index in [1.165, 1.54) is 0 Å². The lowest BCUT2D eigenvalue weighted by molar-refractivity contribution is -0.118. The third kappa shape index (κ3) is 3.84. The van der Waals surface area contributed by atoms with Gasteiger partial charge in [-0.05, 0) is 52.3 Å². The summed E-state index contributed by atoms with van der Waals surface area (Å²) in [5, 5.41) is 11.4. The molecule has 0 saturated carbocycles. The number of ether oxygens (including phenoxy) is 1. The van der Waals surface area contributed by atoms with E-state index in [4.69, 9.17) is 10.00 Å². The second-order valence-electron chi connectivity index (χ2n) is 3.95. The van der Waals surface area contributed by atoms with Gasteiger partial charge in [-0.3, -0.25) is 4.79 Å². The molecule has 0 bridgehead atoms. The van der Waals surface area contributed by atoms with E-state index in [1.807, 2.05) is 24.3 Å². The molecule has 0 unspecified atom stereocenters. The zero-order chi connectivity index (χ0) is 14.4. The summed E-state index contributed by atoms with van der Waals surface area (Å²) < 4.78 is 6.15. The van der Waals surface area contributed by atoms with Gasteiger partial charge >= 0.3 is 0 Å². The summed E-state index contributed by atoms with van der Waals surface area (Å²) in [6.07, 6.45) is 0. The van der Waals surface area contributed by atoms with E-state index in [9.17, 15) is 4.79 Å². The average Bonchev–Trinajstić information content (AvgIpc) is 2.48. The molecular weight excluding hydrogens is 320 g/mol. The molecule has 0 aliphatic carbocycles. The SMILES string of the molecule is N#Cc1ccc(OCC(=O)Nc2ccccc2Br)cc1. The van der Waals surface area contributed by atoms with Crippen LogP contribution in [0.15, 0.2) is 53.0 Å². The van der Waals surface area contributed by atoms with Crippen LogP contribution in [0.2, 0.25) is 0 Å². The maximum absolute atomic E-state index is 11.8. The fourth-order valence-corrected chi connectivity index (χ4v) is 1.91. The van der Waals surface area contributed by atoms with Crippen LogP contribution in [-0.4, -0.2) is 12.5 Å². The van der Waals surface area contributed by atoms with Crippen molar-refractivity contribution in [1.29, 1.82) is 5.26 Å². The highest BCUT2D eigenvalue weighted by Gasteiger charge is 2.06. The van der Waals surface area contributed by atoms with Crippen LogP contribution in [0.4, 0.5) is 5.69 Å². The summed E-state index contributed by atoms with van der Waals surface area (Å²) in [5.41, 5.74) is 1.25. The third-order valence-electron chi connectivity index (χ3n) is 2.50. The van der Waals surface area contributed by atoms with Crippen LogP contribution in [0.5, 0.6) is 5.75 Å². The van der Waals surface area contributed by atoms with Gasteiger partial charge in [-0.2, -0.15) is 5.26 Å². The first-order valence-electron chi connectivity index (χ1n) is 5.86. The third-order valence-corrected chi connectivity index (χ3v) is 3.19. The standard InChI is InChI=1S/C15H11BrN2O2/c16-13-3-1-2-4-14(13)18-15(19)10-20-12-7-5-11(9-17)6-8-12/h1-8H,10H2,(H,18,19). The first-order valence-corrected chi connectivity index (χ1v) is 6.65. The number of rotatable bonds is 4. The predicted octanol–water partition coefficient (Wildman–Crippen LogP) is 3.34. The Hall–Kier alpha value is -2.32. The van der Waals surface area contributed by atoms with Crippen molar-refractivity contribution >= 4 is 27.5 Å². The van der Waals surface area contributed by atoms with Crippen LogP contribution in [0.25, 0.3) is 0 Å². The van der Waals surface area contributed by atoms with Crippen molar-refractivity contribution in [2.45, 2.75) is 0 Å². The van der Waals surface area contributed by atoms with Crippen molar-refractivity contribution in [1.82, 2.24) is 0 Å². The number of para-hydroxylation sites is 1. The number of hydrogen-bond donors (Lipinski definition) is 1. The first kappa shape index (κ1) is 14.1. The quantitative estimate of drug-likeness (QED) is 0.935. The Morgan fingerprint density at radius 1 is 1.20 bits per heavy atom. The summed E-state index contributed by atoms with van der Waals surface area (Å²) in [7, 11) is 0. The minimum atomic E-state index is -0.249. The summed E-state index contributed by atoms with van der Waals surface area (Å²) >= 11 is 3.35. The first-order chi connectivity index (χ1) is 9.69. The summed E-state index contributed by atoms with van der Waals surface area (Å²) in [6.45, 7) is -0.0900. The van der Waals surface area contributed by atoms with Gasteiger partial charge in [-0.25, -0.2) is 0 Å². The topological polar surface area (TPSA) is 62.1 Å². The lowest BCUT2D eigenvalue weighted by Gasteiger charge is -2.08. The normalized spacial score (nSPS) is 9.60. The molecule has 0 spiro atoms. The zero-order valence-electron chi connectivity index (χ0n) is 10.5. The lowest BCUT2D eigenvalue weighted by Crippen LogP contribution is -2.20. The van der Waals surface area contributed by atoms with Crippen LogP contribution in [0.3, 0.4) is 0 Å². The monoisotopic (exact) mass is 330 g/mol. The Labute approximate surface area is 125 Å². The van der Waals surface area contributed by atoms with E-state index in [0.29, 0.717) is 17.0 Å². The highest BCUT2D eigenvalue weighted by Crippen LogP contribution is 2.21. The molecule has 0 radical (unpaired) electrons. The Morgan fingerprint density at radius 2 is 1.90 bits per heavy atom. The highest BCUT2D eigenvalue weighted by molar-refractivity contribution is 9.10. The molecule has 0 atom stereocenters. The summed E-state index contributed by atoms with van der Waals surface area (Å²) in [4.78, 5) is 11.8. The number of benzene rings is 2. The van der Waals surface area contributed by atoms with Gasteiger partial charge in [-0.15, -0.1) is 0 Å². The fraction of sp³-hybridized carbons (Fsp3) is 0.0667. The summed E-state index contributed by atoms with van der Waals surface area (Å²) in [5.74, 6) is 0.299. The molecule has 20 heavy (non-hydrogen) atoms. The number of amides is 1. The van der Waals surface area contributed by atoms with E-state index < -0.39 is 0 Å². The highest BCUT2D eigenvalue weighted by atomic mass is 79.9. The predicted molar refractivity (Wildman–Crippen MR) is 79.4 cm³/mol. The summed E-state index contributed by atoms with van der Waals surface area (Å²) in [6, 6.07) is 16.0. The van der Waals surface area contributed by atoms with E-state index in [-0.39, 0.29) is 12.5 Å². The smallest absolute Gasteiger partial charge is 0.262 e. The average molecular weight is 331 g/mol. The molecule has 5 heteroatoms. The molecule has 100 valence electrons. The Bertz CT molecular complexity index is 648. The molecule has 0 aliphatic rings. The van der Waals surface area contributed by atoms with Gasteiger partial charge in [0.15, 0.2) is 6.61 Å². The van der Waals surface area contributed by atoms with Crippen molar-refractivity contribution in [3.05, 3.63) is 58.6 Å². The number of nitrogens with one attached hydrogen (secondary N) is 1. The maximum atomic E-state index is 11.8. The van der Waals surface area contributed by atoms with Gasteiger partial charge in [0.1, 0.15) is 5.75 Å². The van der Waals surface area contributed by atoms with Crippen molar-refractivity contribution < 1.29 is 9.53 Å². The van der Waals surface area contributed by atoms with Crippen molar-refractivity contribution in [2.24, 2.45) is 0 Å². The molecule has 4 nitrogen and oxygen atoms in total. The Balaban J connectivity index is 1.89. The van der Waals surface area contributed by atoms with Crippen molar-refractivity contribution in [3.63, 3.8) is 0 Å². The second-order valence-corrected chi connectivity index (χ2v) is 4.81. The number of anilines is 1. The van der Waals surface area contributed by atoms with Crippen LogP contribution in [0.1, 0.15) is 5.56 Å². The fourth-order valence-electron chi connectivity index (χ4n) is 1.52. The van der Waals surface area contributed by atoms with Gasteiger partial charge in [0.2, 0.25) is 0 Å². The van der Waals surface area contributed by atoms with E-state index in [0.717, 1.165) is 4.47 Å². The maximum Gasteiger partial charge on any atom is 0.262 e. The number of nitrogens with zero attached hydrogens (tertiary/aromatic N) is 1. The molecule has 0 heterocycles. The molecule has 0 aromatic heterocycles. The molecule has 0 aliphatic heterocycles. The van der Waals surface area contributed by atoms with Crippen LogP contribution < -0.4 is 10.1 Å². The largest absolute Gasteiger partial charge is 0.484 e. The van der Waals surface area contributed by atoms with Crippen LogP contribution in [0, 0.1) is 11.3 Å². The van der Waals surface area contributed by atoms with E-state index in [2.05, 4.69) is 21.2 Å². The number of hydrogen-bond acceptors (Lipinski definition) is 3. The molecular formula is C15H11BrN2O2.